The molecule has 0 aliphatic heterocycles. The number of carbonyl (C=O) groups excluding carboxylic acids is 1. The normalized spacial score (nSPS) is 11.1. The van der Waals surface area contributed by atoms with E-state index in [1.807, 2.05) is 19.1 Å². The van der Waals surface area contributed by atoms with E-state index in [1.165, 1.54) is 23.5 Å². The third-order valence-electron chi connectivity index (χ3n) is 4.02. The highest BCUT2D eigenvalue weighted by Crippen LogP contribution is 2.28. The van der Waals surface area contributed by atoms with Crippen molar-refractivity contribution in [1.82, 2.24) is 14.8 Å². The minimum atomic E-state index is -0.308. The zero-order valence-corrected chi connectivity index (χ0v) is 16.9. The Balaban J connectivity index is 1.62. The fraction of sp³-hybridized carbons (Fsp3) is 0.150. The highest BCUT2D eigenvalue weighted by molar-refractivity contribution is 7.99. The quantitative estimate of drug-likeness (QED) is 0.452. The van der Waals surface area contributed by atoms with Gasteiger partial charge in [0.2, 0.25) is 5.13 Å². The van der Waals surface area contributed by atoms with Crippen molar-refractivity contribution in [3.05, 3.63) is 65.6 Å². The van der Waals surface area contributed by atoms with Gasteiger partial charge in [-0.2, -0.15) is 9.78 Å². The van der Waals surface area contributed by atoms with Crippen molar-refractivity contribution in [3.63, 3.8) is 0 Å². The van der Waals surface area contributed by atoms with Gasteiger partial charge in [-0.25, -0.2) is 9.37 Å². The number of carbonyl (C=O) groups is 1. The molecule has 0 saturated heterocycles. The lowest BCUT2D eigenvalue weighted by atomic mass is 10.2. The Kier molecular flexibility index (Phi) is 5.15. The van der Waals surface area contributed by atoms with Crippen LogP contribution in [0.25, 0.3) is 15.3 Å². The molecule has 0 aliphatic carbocycles. The Morgan fingerprint density at radius 3 is 2.75 bits per heavy atom. The van der Waals surface area contributed by atoms with Crippen molar-refractivity contribution in [1.29, 1.82) is 0 Å². The third kappa shape index (κ3) is 3.79. The van der Waals surface area contributed by atoms with Crippen molar-refractivity contribution >= 4 is 45.0 Å². The molecule has 0 saturated carbocycles. The van der Waals surface area contributed by atoms with Gasteiger partial charge in [0.25, 0.3) is 5.91 Å². The number of benzene rings is 2. The Labute approximate surface area is 169 Å². The van der Waals surface area contributed by atoms with Gasteiger partial charge in [0, 0.05) is 16.5 Å². The molecule has 0 unspecified atom stereocenters. The lowest BCUT2D eigenvalue weighted by Crippen LogP contribution is -2.15. The Hall–Kier alpha value is -2.71. The average molecular weight is 413 g/mol. The Bertz CT molecular complexity index is 1150. The summed E-state index contributed by atoms with van der Waals surface area (Å²) in [4.78, 5) is 18.3. The number of hydrogen-bond donors (Lipinski definition) is 1. The fourth-order valence-electron chi connectivity index (χ4n) is 2.77. The summed E-state index contributed by atoms with van der Waals surface area (Å²) >= 11 is 3.04. The number of fused-ring (bicyclic) bond motifs is 1. The molecule has 0 aliphatic rings. The molecule has 0 bridgehead atoms. The summed E-state index contributed by atoms with van der Waals surface area (Å²) in [5.74, 6) is 0.976. The molecular weight excluding hydrogens is 395 g/mol. The van der Waals surface area contributed by atoms with Gasteiger partial charge in [0.15, 0.2) is 0 Å². The van der Waals surface area contributed by atoms with E-state index in [-0.39, 0.29) is 11.7 Å². The van der Waals surface area contributed by atoms with E-state index in [1.54, 1.807) is 40.7 Å². The zero-order chi connectivity index (χ0) is 19.7. The molecule has 28 heavy (non-hydrogen) atoms. The molecule has 0 radical (unpaired) electrons. The van der Waals surface area contributed by atoms with Crippen molar-refractivity contribution in [2.24, 2.45) is 0 Å². The van der Waals surface area contributed by atoms with Gasteiger partial charge < -0.3 is 5.32 Å². The molecule has 2 aromatic heterocycles. The highest BCUT2D eigenvalue weighted by Gasteiger charge is 2.15. The van der Waals surface area contributed by atoms with Gasteiger partial charge in [-0.3, -0.25) is 4.79 Å². The van der Waals surface area contributed by atoms with Crippen molar-refractivity contribution in [3.8, 4) is 5.13 Å². The molecule has 0 atom stereocenters. The number of aryl methyl sites for hydroxylation is 1. The summed E-state index contributed by atoms with van der Waals surface area (Å²) in [7, 11) is 0. The SMILES string of the molecule is CCSc1ccc(C(=O)Nc2cc(C)nn2-c2nc3ccc(F)cc3s2)cc1. The van der Waals surface area contributed by atoms with Crippen LogP contribution in [0.5, 0.6) is 0 Å². The number of amides is 1. The van der Waals surface area contributed by atoms with E-state index < -0.39 is 0 Å². The molecule has 2 aromatic carbocycles. The molecule has 1 N–H and O–H groups in total. The first kappa shape index (κ1) is 18.6. The maximum absolute atomic E-state index is 13.5. The largest absolute Gasteiger partial charge is 0.306 e. The first-order valence-corrected chi connectivity index (χ1v) is 10.5. The molecule has 142 valence electrons. The minimum absolute atomic E-state index is 0.221. The van der Waals surface area contributed by atoms with Gasteiger partial charge in [0.05, 0.1) is 15.9 Å². The number of thiazole rings is 1. The maximum Gasteiger partial charge on any atom is 0.256 e. The number of halogens is 1. The molecule has 8 heteroatoms. The number of hydrogen-bond acceptors (Lipinski definition) is 5. The van der Waals surface area contributed by atoms with Crippen LogP contribution in [0.4, 0.5) is 10.2 Å². The summed E-state index contributed by atoms with van der Waals surface area (Å²) in [5, 5.41) is 7.91. The molecule has 2 heterocycles. The van der Waals surface area contributed by atoms with E-state index in [0.717, 1.165) is 21.0 Å². The van der Waals surface area contributed by atoms with Gasteiger partial charge in [-0.05, 0) is 55.1 Å². The third-order valence-corrected chi connectivity index (χ3v) is 5.91. The standard InChI is InChI=1S/C20H17FN4OS2/c1-3-27-15-7-4-13(5-8-15)19(26)23-18-10-12(2)24-25(18)20-22-16-9-6-14(21)11-17(16)28-20/h4-11H,3H2,1-2H3,(H,23,26). The first-order chi connectivity index (χ1) is 13.5. The molecule has 5 nitrogen and oxygen atoms in total. The van der Waals surface area contributed by atoms with E-state index in [4.69, 9.17) is 0 Å². The molecule has 4 aromatic rings. The van der Waals surface area contributed by atoms with Crippen LogP contribution in [0.15, 0.2) is 53.4 Å². The van der Waals surface area contributed by atoms with Crippen LogP contribution in [0, 0.1) is 12.7 Å². The van der Waals surface area contributed by atoms with E-state index in [0.29, 0.717) is 22.0 Å². The Morgan fingerprint density at radius 1 is 1.21 bits per heavy atom. The number of nitrogens with one attached hydrogen (secondary N) is 1. The van der Waals surface area contributed by atoms with E-state index >= 15 is 0 Å². The van der Waals surface area contributed by atoms with Crippen LogP contribution < -0.4 is 5.32 Å². The van der Waals surface area contributed by atoms with Crippen LogP contribution in [0.3, 0.4) is 0 Å². The van der Waals surface area contributed by atoms with Crippen LogP contribution in [-0.2, 0) is 0 Å². The topological polar surface area (TPSA) is 59.8 Å². The number of thioether (sulfide) groups is 1. The lowest BCUT2D eigenvalue weighted by Gasteiger charge is -2.07. The van der Waals surface area contributed by atoms with Crippen LogP contribution >= 0.6 is 23.1 Å². The second-order valence-electron chi connectivity index (χ2n) is 6.10. The highest BCUT2D eigenvalue weighted by atomic mass is 32.2. The first-order valence-electron chi connectivity index (χ1n) is 8.71. The van der Waals surface area contributed by atoms with Crippen LogP contribution in [-0.4, -0.2) is 26.4 Å². The number of anilines is 1. The van der Waals surface area contributed by atoms with Crippen molar-refractivity contribution in [2.45, 2.75) is 18.7 Å². The smallest absolute Gasteiger partial charge is 0.256 e. The Morgan fingerprint density at radius 2 is 2.00 bits per heavy atom. The van der Waals surface area contributed by atoms with Crippen LogP contribution in [0.1, 0.15) is 23.0 Å². The van der Waals surface area contributed by atoms with Gasteiger partial charge >= 0.3 is 0 Å². The molecule has 0 fully saturated rings. The van der Waals surface area contributed by atoms with Gasteiger partial charge in [0.1, 0.15) is 11.6 Å². The number of rotatable bonds is 5. The number of aromatic nitrogens is 3. The van der Waals surface area contributed by atoms with Gasteiger partial charge in [-0.15, -0.1) is 11.8 Å². The van der Waals surface area contributed by atoms with Crippen molar-refractivity contribution in [2.75, 3.05) is 11.1 Å². The van der Waals surface area contributed by atoms with E-state index in [9.17, 15) is 9.18 Å². The average Bonchev–Trinajstić information content (AvgIpc) is 3.25. The second kappa shape index (κ2) is 7.73. The van der Waals surface area contributed by atoms with E-state index in [2.05, 4.69) is 22.3 Å². The second-order valence-corrected chi connectivity index (χ2v) is 8.45. The molecule has 4 rings (SSSR count). The summed E-state index contributed by atoms with van der Waals surface area (Å²) in [6.45, 7) is 3.93. The molecule has 0 spiro atoms. The summed E-state index contributed by atoms with van der Waals surface area (Å²) in [6.07, 6.45) is 0. The zero-order valence-electron chi connectivity index (χ0n) is 15.3. The minimum Gasteiger partial charge on any atom is -0.306 e. The predicted octanol–water partition coefficient (Wildman–Crippen LogP) is 5.29. The fourth-order valence-corrected chi connectivity index (χ4v) is 4.39. The van der Waals surface area contributed by atoms with Crippen molar-refractivity contribution < 1.29 is 9.18 Å². The summed E-state index contributed by atoms with van der Waals surface area (Å²) in [6, 6.07) is 13.7. The molecule has 1 amide bonds. The monoisotopic (exact) mass is 412 g/mol. The lowest BCUT2D eigenvalue weighted by molar-refractivity contribution is 0.102. The van der Waals surface area contributed by atoms with Crippen LogP contribution in [0.2, 0.25) is 0 Å². The maximum atomic E-state index is 13.5. The summed E-state index contributed by atoms with van der Waals surface area (Å²) < 4.78 is 15.8. The molecular formula is C20H17FN4OS2. The summed E-state index contributed by atoms with van der Waals surface area (Å²) in [5.41, 5.74) is 2.00. The van der Waals surface area contributed by atoms with Gasteiger partial charge in [-0.1, -0.05) is 18.3 Å². The number of nitrogens with zero attached hydrogens (tertiary/aromatic N) is 3. The predicted molar refractivity (Wildman–Crippen MR) is 112 cm³/mol.